The van der Waals surface area contributed by atoms with Gasteiger partial charge in [0.05, 0.1) is 27.7 Å². The number of halogens is 1. The van der Waals surface area contributed by atoms with Gasteiger partial charge in [0.25, 0.3) is 0 Å². The van der Waals surface area contributed by atoms with Crippen LogP contribution in [-0.4, -0.2) is 50.4 Å². The van der Waals surface area contributed by atoms with E-state index >= 15 is 0 Å². The minimum absolute atomic E-state index is 0. The summed E-state index contributed by atoms with van der Waals surface area (Å²) in [5, 5.41) is 0. The molecule has 2 N–H and O–H groups in total. The van der Waals surface area contributed by atoms with Crippen LogP contribution in [0.25, 0.3) is 0 Å². The molecule has 0 radical (unpaired) electrons. The Balaban J connectivity index is 0. The van der Waals surface area contributed by atoms with Crippen molar-refractivity contribution in [1.29, 1.82) is 0 Å². The maximum atomic E-state index is 5.07. The largest absolute Gasteiger partial charge is 1.00 e. The lowest BCUT2D eigenvalue weighted by Crippen LogP contribution is -3.00. The SMILES string of the molecule is C[N+](C)(C)CC1CO1.O.[Cl-]. The Hall–Kier alpha value is 0.170. The molecular formula is C6H16ClNO2. The fraction of sp³-hybridized carbons (Fsp3) is 1.00. The van der Waals surface area contributed by atoms with Crippen LogP contribution in [0.5, 0.6) is 0 Å². The Morgan fingerprint density at radius 1 is 1.40 bits per heavy atom. The third-order valence-corrected chi connectivity index (χ3v) is 1.15. The molecule has 0 aromatic rings. The summed E-state index contributed by atoms with van der Waals surface area (Å²) in [4.78, 5) is 0. The van der Waals surface area contributed by atoms with Crippen molar-refractivity contribution in [2.75, 3.05) is 34.3 Å². The van der Waals surface area contributed by atoms with Gasteiger partial charge in [-0.1, -0.05) is 0 Å². The Bertz CT molecular complexity index is 88.2. The van der Waals surface area contributed by atoms with Gasteiger partial charge in [-0.15, -0.1) is 0 Å². The highest BCUT2D eigenvalue weighted by Crippen LogP contribution is 2.11. The lowest BCUT2D eigenvalue weighted by molar-refractivity contribution is -0.870. The zero-order chi connectivity index (χ0) is 6.20. The van der Waals surface area contributed by atoms with Crippen LogP contribution in [0.1, 0.15) is 0 Å². The Labute approximate surface area is 68.3 Å². The van der Waals surface area contributed by atoms with Crippen LogP contribution in [0.4, 0.5) is 0 Å². The molecule has 1 aliphatic heterocycles. The smallest absolute Gasteiger partial charge is 0.130 e. The van der Waals surface area contributed by atoms with E-state index in [0.717, 1.165) is 17.6 Å². The number of quaternary nitrogens is 1. The number of ether oxygens (including phenoxy) is 1. The van der Waals surface area contributed by atoms with E-state index in [9.17, 15) is 0 Å². The molecule has 3 nitrogen and oxygen atoms in total. The van der Waals surface area contributed by atoms with Gasteiger partial charge in [0.2, 0.25) is 0 Å². The lowest BCUT2D eigenvalue weighted by atomic mass is 10.4. The van der Waals surface area contributed by atoms with Crippen molar-refractivity contribution in [3.63, 3.8) is 0 Å². The molecule has 0 spiro atoms. The van der Waals surface area contributed by atoms with Crippen molar-refractivity contribution < 1.29 is 27.1 Å². The minimum Gasteiger partial charge on any atom is -1.00 e. The second kappa shape index (κ2) is 4.13. The van der Waals surface area contributed by atoms with E-state index in [1.807, 2.05) is 0 Å². The summed E-state index contributed by atoms with van der Waals surface area (Å²) in [6.07, 6.45) is 0.565. The highest BCUT2D eigenvalue weighted by atomic mass is 35.5. The van der Waals surface area contributed by atoms with Gasteiger partial charge >= 0.3 is 0 Å². The molecule has 4 heteroatoms. The Kier molecular flexibility index (Phi) is 5.29. The number of likely N-dealkylation sites (N-methyl/N-ethyl adjacent to an activating group) is 1. The van der Waals surface area contributed by atoms with Crippen LogP contribution in [0, 0.1) is 0 Å². The van der Waals surface area contributed by atoms with Crippen molar-refractivity contribution >= 4 is 0 Å². The van der Waals surface area contributed by atoms with E-state index in [4.69, 9.17) is 4.74 Å². The molecule has 1 unspecified atom stereocenters. The molecule has 1 saturated heterocycles. The predicted octanol–water partition coefficient (Wildman–Crippen LogP) is -3.73. The number of hydrogen-bond donors (Lipinski definition) is 0. The first-order valence-electron chi connectivity index (χ1n) is 3.00. The van der Waals surface area contributed by atoms with Crippen LogP contribution in [-0.2, 0) is 4.74 Å². The molecule has 1 rings (SSSR count). The van der Waals surface area contributed by atoms with E-state index in [0.29, 0.717) is 6.10 Å². The molecule has 1 heterocycles. The molecule has 0 aromatic carbocycles. The summed E-state index contributed by atoms with van der Waals surface area (Å²) in [6, 6.07) is 0. The van der Waals surface area contributed by atoms with E-state index in [1.54, 1.807) is 0 Å². The van der Waals surface area contributed by atoms with E-state index < -0.39 is 0 Å². The normalized spacial score (nSPS) is 22.5. The summed E-state index contributed by atoms with van der Waals surface area (Å²) in [7, 11) is 6.55. The first kappa shape index (κ1) is 12.8. The average molecular weight is 170 g/mol. The number of epoxide rings is 1. The molecule has 0 bridgehead atoms. The zero-order valence-electron chi connectivity index (χ0n) is 6.72. The van der Waals surface area contributed by atoms with E-state index in [-0.39, 0.29) is 17.9 Å². The van der Waals surface area contributed by atoms with Crippen LogP contribution in [0.2, 0.25) is 0 Å². The van der Waals surface area contributed by atoms with Crippen molar-refractivity contribution in [3.8, 4) is 0 Å². The number of hydrogen-bond acceptors (Lipinski definition) is 1. The van der Waals surface area contributed by atoms with Crippen LogP contribution in [0.3, 0.4) is 0 Å². The second-order valence-electron chi connectivity index (χ2n) is 3.43. The first-order valence-corrected chi connectivity index (χ1v) is 3.00. The van der Waals surface area contributed by atoms with Crippen molar-refractivity contribution in [3.05, 3.63) is 0 Å². The lowest BCUT2D eigenvalue weighted by Gasteiger charge is -2.22. The molecule has 64 valence electrons. The summed E-state index contributed by atoms with van der Waals surface area (Å²) < 4.78 is 6.09. The van der Waals surface area contributed by atoms with Gasteiger partial charge in [0, 0.05) is 0 Å². The Morgan fingerprint density at radius 2 is 1.80 bits per heavy atom. The van der Waals surface area contributed by atoms with Gasteiger partial charge in [-0.25, -0.2) is 0 Å². The minimum atomic E-state index is 0. The predicted molar refractivity (Wildman–Crippen MR) is 36.3 cm³/mol. The average Bonchev–Trinajstić information content (AvgIpc) is 2.12. The van der Waals surface area contributed by atoms with Crippen LogP contribution >= 0.6 is 0 Å². The monoisotopic (exact) mass is 169 g/mol. The highest BCUT2D eigenvalue weighted by molar-refractivity contribution is 4.66. The van der Waals surface area contributed by atoms with Crippen molar-refractivity contribution in [1.82, 2.24) is 0 Å². The summed E-state index contributed by atoms with van der Waals surface area (Å²) >= 11 is 0. The molecule has 1 fully saturated rings. The third-order valence-electron chi connectivity index (χ3n) is 1.15. The topological polar surface area (TPSA) is 44.0 Å². The quantitative estimate of drug-likeness (QED) is 0.310. The maximum absolute atomic E-state index is 5.07. The van der Waals surface area contributed by atoms with Gasteiger partial charge in [-0.3, -0.25) is 0 Å². The summed E-state index contributed by atoms with van der Waals surface area (Å²) in [6.45, 7) is 2.13. The molecule has 0 amide bonds. The molecule has 1 atom stereocenters. The van der Waals surface area contributed by atoms with Gasteiger partial charge in [-0.05, 0) is 0 Å². The highest BCUT2D eigenvalue weighted by Gasteiger charge is 2.28. The molecule has 0 aliphatic carbocycles. The Morgan fingerprint density at radius 3 is 1.90 bits per heavy atom. The zero-order valence-corrected chi connectivity index (χ0v) is 7.48. The maximum Gasteiger partial charge on any atom is 0.130 e. The van der Waals surface area contributed by atoms with E-state index in [1.165, 1.54) is 0 Å². The van der Waals surface area contributed by atoms with E-state index in [2.05, 4.69) is 21.1 Å². The molecule has 10 heavy (non-hydrogen) atoms. The van der Waals surface area contributed by atoms with Crippen LogP contribution in [0.15, 0.2) is 0 Å². The third kappa shape index (κ3) is 6.29. The fourth-order valence-electron chi connectivity index (χ4n) is 0.784. The number of nitrogens with zero attached hydrogens (tertiary/aromatic N) is 1. The fourth-order valence-corrected chi connectivity index (χ4v) is 0.784. The van der Waals surface area contributed by atoms with Crippen molar-refractivity contribution in [2.45, 2.75) is 6.10 Å². The molecule has 1 aliphatic rings. The molecule has 0 aromatic heterocycles. The van der Waals surface area contributed by atoms with Gasteiger partial charge in [0.1, 0.15) is 12.6 Å². The molecular weight excluding hydrogens is 154 g/mol. The summed E-state index contributed by atoms with van der Waals surface area (Å²) in [5.74, 6) is 0. The first-order chi connectivity index (χ1) is 3.58. The van der Waals surface area contributed by atoms with Gasteiger partial charge in [-0.2, -0.15) is 0 Å². The molecule has 0 saturated carbocycles. The second-order valence-corrected chi connectivity index (χ2v) is 3.43. The standard InChI is InChI=1S/C6H14NO.ClH.H2O/c1-7(2,3)4-6-5-8-6;;/h6H,4-5H2,1-3H3;1H;1H2/q+1;;/p-1. The summed E-state index contributed by atoms with van der Waals surface area (Å²) in [5.41, 5.74) is 0. The number of rotatable bonds is 2. The van der Waals surface area contributed by atoms with Gasteiger partial charge in [0.15, 0.2) is 0 Å². The van der Waals surface area contributed by atoms with Crippen LogP contribution < -0.4 is 12.4 Å². The van der Waals surface area contributed by atoms with Gasteiger partial charge < -0.3 is 27.1 Å². The van der Waals surface area contributed by atoms with Crippen molar-refractivity contribution in [2.24, 2.45) is 0 Å².